The zero-order valence-electron chi connectivity index (χ0n) is 6.81. The van der Waals surface area contributed by atoms with Crippen LogP contribution in [0, 0.1) is 11.8 Å². The molecule has 0 aromatic carbocycles. The van der Waals surface area contributed by atoms with Crippen LogP contribution in [0.3, 0.4) is 0 Å². The first-order valence-electron chi connectivity index (χ1n) is 3.66. The minimum absolute atomic E-state index is 0.242. The maximum Gasteiger partial charge on any atom is 0.217 e. The molecule has 0 atom stereocenters. The van der Waals surface area contributed by atoms with Gasteiger partial charge in [-0.3, -0.25) is 4.79 Å². The highest BCUT2D eigenvalue weighted by molar-refractivity contribution is 5.73. The van der Waals surface area contributed by atoms with Gasteiger partial charge in [0.05, 0.1) is 6.54 Å². The first kappa shape index (κ1) is 9.99. The van der Waals surface area contributed by atoms with Gasteiger partial charge in [-0.1, -0.05) is 5.92 Å². The first-order chi connectivity index (χ1) is 5.27. The van der Waals surface area contributed by atoms with Crippen molar-refractivity contribution in [3.05, 3.63) is 0 Å². The molecule has 3 heteroatoms. The molecular weight excluding hydrogens is 140 g/mol. The molecule has 0 saturated heterocycles. The van der Waals surface area contributed by atoms with E-state index in [4.69, 9.17) is 5.73 Å². The first-order valence-corrected chi connectivity index (χ1v) is 3.66. The van der Waals surface area contributed by atoms with Crippen LogP contribution in [0.5, 0.6) is 0 Å². The van der Waals surface area contributed by atoms with E-state index in [1.54, 1.807) is 6.92 Å². The predicted molar refractivity (Wildman–Crippen MR) is 44.7 cm³/mol. The Balaban J connectivity index is 3.00. The quantitative estimate of drug-likeness (QED) is 0.428. The summed E-state index contributed by atoms with van der Waals surface area (Å²) in [6.07, 6.45) is 1.24. The molecule has 0 unspecified atom stereocenters. The minimum Gasteiger partial charge on any atom is -0.370 e. The summed E-state index contributed by atoms with van der Waals surface area (Å²) in [5.74, 6) is 5.38. The van der Waals surface area contributed by atoms with E-state index in [2.05, 4.69) is 17.2 Å². The van der Waals surface area contributed by atoms with Gasteiger partial charge in [0, 0.05) is 6.42 Å². The van der Waals surface area contributed by atoms with Gasteiger partial charge in [-0.2, -0.15) is 0 Å². The number of hydrogen-bond donors (Lipinski definition) is 2. The summed E-state index contributed by atoms with van der Waals surface area (Å²) in [6, 6.07) is 0. The lowest BCUT2D eigenvalue weighted by Gasteiger charge is -1.96. The van der Waals surface area contributed by atoms with E-state index in [0.29, 0.717) is 13.0 Å². The van der Waals surface area contributed by atoms with Gasteiger partial charge in [0.1, 0.15) is 0 Å². The summed E-state index contributed by atoms with van der Waals surface area (Å²) in [4.78, 5) is 10.3. The highest BCUT2D eigenvalue weighted by Gasteiger charge is 1.91. The molecule has 0 aliphatic carbocycles. The Labute approximate surface area is 67.3 Å². The molecule has 11 heavy (non-hydrogen) atoms. The van der Waals surface area contributed by atoms with Gasteiger partial charge in [-0.05, 0) is 19.9 Å². The van der Waals surface area contributed by atoms with Gasteiger partial charge in [-0.25, -0.2) is 0 Å². The fraction of sp³-hybridized carbons (Fsp3) is 0.625. The summed E-state index contributed by atoms with van der Waals surface area (Å²) >= 11 is 0. The topological polar surface area (TPSA) is 55.1 Å². The third kappa shape index (κ3) is 8.99. The van der Waals surface area contributed by atoms with Crippen molar-refractivity contribution in [1.82, 2.24) is 5.32 Å². The van der Waals surface area contributed by atoms with Crippen molar-refractivity contribution in [3.8, 4) is 11.8 Å². The average Bonchev–Trinajstić information content (AvgIpc) is 1.96. The standard InChI is InChI=1S/C8H14N2O/c1-2-3-6-10-7-4-5-8(9)11/h10H,4-7H2,1H3,(H2,9,11). The Kier molecular flexibility index (Phi) is 6.45. The third-order valence-corrected chi connectivity index (χ3v) is 1.17. The second-order valence-electron chi connectivity index (χ2n) is 2.17. The number of nitrogens with two attached hydrogens (primary N) is 1. The lowest BCUT2D eigenvalue weighted by molar-refractivity contribution is -0.118. The number of nitrogens with one attached hydrogen (secondary N) is 1. The molecule has 0 heterocycles. The summed E-state index contributed by atoms with van der Waals surface area (Å²) in [5.41, 5.74) is 4.94. The van der Waals surface area contributed by atoms with Crippen molar-refractivity contribution in [2.24, 2.45) is 5.73 Å². The van der Waals surface area contributed by atoms with Crippen molar-refractivity contribution in [2.75, 3.05) is 13.1 Å². The fourth-order valence-electron chi connectivity index (χ4n) is 0.627. The van der Waals surface area contributed by atoms with E-state index in [1.165, 1.54) is 0 Å². The van der Waals surface area contributed by atoms with Crippen LogP contribution in [0.2, 0.25) is 0 Å². The molecular formula is C8H14N2O. The van der Waals surface area contributed by atoms with Crippen molar-refractivity contribution in [3.63, 3.8) is 0 Å². The molecule has 0 aliphatic heterocycles. The van der Waals surface area contributed by atoms with Crippen LogP contribution in [0.4, 0.5) is 0 Å². The van der Waals surface area contributed by atoms with Crippen LogP contribution in [0.1, 0.15) is 19.8 Å². The van der Waals surface area contributed by atoms with Gasteiger partial charge in [-0.15, -0.1) is 5.92 Å². The molecule has 0 aliphatic rings. The number of hydrogen-bond acceptors (Lipinski definition) is 2. The van der Waals surface area contributed by atoms with E-state index in [1.807, 2.05) is 0 Å². The van der Waals surface area contributed by atoms with E-state index < -0.39 is 0 Å². The summed E-state index contributed by atoms with van der Waals surface area (Å²) in [7, 11) is 0. The molecule has 0 aromatic heterocycles. The molecule has 0 fully saturated rings. The lowest BCUT2D eigenvalue weighted by atomic mass is 10.3. The normalized spacial score (nSPS) is 8.45. The van der Waals surface area contributed by atoms with Gasteiger partial charge in [0.2, 0.25) is 5.91 Å². The van der Waals surface area contributed by atoms with E-state index >= 15 is 0 Å². The maximum absolute atomic E-state index is 10.3. The largest absolute Gasteiger partial charge is 0.370 e. The molecule has 0 saturated carbocycles. The SMILES string of the molecule is CC#CCNCCCC(N)=O. The molecule has 0 rings (SSSR count). The van der Waals surface area contributed by atoms with Gasteiger partial charge in [0.15, 0.2) is 0 Å². The second-order valence-corrected chi connectivity index (χ2v) is 2.17. The lowest BCUT2D eigenvalue weighted by Crippen LogP contribution is -2.18. The summed E-state index contributed by atoms with van der Waals surface area (Å²) in [6.45, 7) is 3.29. The van der Waals surface area contributed by atoms with Crippen LogP contribution in [0.15, 0.2) is 0 Å². The molecule has 3 N–H and O–H groups in total. The fourth-order valence-corrected chi connectivity index (χ4v) is 0.627. The monoisotopic (exact) mass is 154 g/mol. The number of carbonyl (C=O) groups is 1. The van der Waals surface area contributed by atoms with Gasteiger partial charge >= 0.3 is 0 Å². The molecule has 0 aromatic rings. The number of primary amides is 1. The maximum atomic E-state index is 10.3. The van der Waals surface area contributed by atoms with Crippen molar-refractivity contribution >= 4 is 5.91 Å². The molecule has 0 spiro atoms. The zero-order chi connectivity index (χ0) is 8.53. The van der Waals surface area contributed by atoms with Crippen LogP contribution >= 0.6 is 0 Å². The molecule has 0 radical (unpaired) electrons. The Bertz CT molecular complexity index is 167. The zero-order valence-corrected chi connectivity index (χ0v) is 6.81. The minimum atomic E-state index is -0.242. The number of amides is 1. The highest BCUT2D eigenvalue weighted by Crippen LogP contribution is 1.82. The summed E-state index contributed by atoms with van der Waals surface area (Å²) < 4.78 is 0. The van der Waals surface area contributed by atoms with Crippen molar-refractivity contribution in [2.45, 2.75) is 19.8 Å². The van der Waals surface area contributed by atoms with Gasteiger partial charge < -0.3 is 11.1 Å². The molecule has 62 valence electrons. The third-order valence-electron chi connectivity index (χ3n) is 1.17. The molecule has 0 bridgehead atoms. The smallest absolute Gasteiger partial charge is 0.217 e. The van der Waals surface area contributed by atoms with Crippen LogP contribution < -0.4 is 11.1 Å². The van der Waals surface area contributed by atoms with Crippen LogP contribution in [-0.4, -0.2) is 19.0 Å². The van der Waals surface area contributed by atoms with Crippen LogP contribution in [0.25, 0.3) is 0 Å². The van der Waals surface area contributed by atoms with Gasteiger partial charge in [0.25, 0.3) is 0 Å². The van der Waals surface area contributed by atoms with Crippen molar-refractivity contribution in [1.29, 1.82) is 0 Å². The molecule has 3 nitrogen and oxygen atoms in total. The number of rotatable bonds is 5. The van der Waals surface area contributed by atoms with E-state index in [9.17, 15) is 4.79 Å². The number of carbonyl (C=O) groups excluding carboxylic acids is 1. The predicted octanol–water partition coefficient (Wildman–Crippen LogP) is -0.135. The Morgan fingerprint density at radius 1 is 1.64 bits per heavy atom. The Morgan fingerprint density at radius 3 is 2.91 bits per heavy atom. The van der Waals surface area contributed by atoms with E-state index in [-0.39, 0.29) is 5.91 Å². The highest BCUT2D eigenvalue weighted by atomic mass is 16.1. The molecule has 1 amide bonds. The second kappa shape index (κ2) is 7.10. The van der Waals surface area contributed by atoms with E-state index in [0.717, 1.165) is 13.0 Å². The average molecular weight is 154 g/mol. The van der Waals surface area contributed by atoms with Crippen LogP contribution in [-0.2, 0) is 4.79 Å². The summed E-state index contributed by atoms with van der Waals surface area (Å²) in [5, 5.41) is 3.06. The Hall–Kier alpha value is -1.01. The Morgan fingerprint density at radius 2 is 2.36 bits per heavy atom. The van der Waals surface area contributed by atoms with Crippen molar-refractivity contribution < 1.29 is 4.79 Å².